The van der Waals surface area contributed by atoms with Crippen molar-refractivity contribution < 1.29 is 23.9 Å². The lowest BCUT2D eigenvalue weighted by molar-refractivity contribution is -0.136. The van der Waals surface area contributed by atoms with Crippen LogP contribution in [0.2, 0.25) is 0 Å². The summed E-state index contributed by atoms with van der Waals surface area (Å²) in [6.07, 6.45) is 7.44. The Labute approximate surface area is 231 Å². The van der Waals surface area contributed by atoms with Gasteiger partial charge in [0.05, 0.1) is 0 Å². The zero-order valence-electron chi connectivity index (χ0n) is 23.7. The number of rotatable bonds is 7. The number of benzene rings is 1. The Morgan fingerprint density at radius 2 is 1.85 bits per heavy atom. The third-order valence-corrected chi connectivity index (χ3v) is 8.64. The van der Waals surface area contributed by atoms with Crippen molar-refractivity contribution in [3.63, 3.8) is 0 Å². The van der Waals surface area contributed by atoms with Gasteiger partial charge < -0.3 is 19.9 Å². The van der Waals surface area contributed by atoms with E-state index in [1.54, 1.807) is 4.90 Å². The van der Waals surface area contributed by atoms with Crippen molar-refractivity contribution in [3.8, 4) is 0 Å². The summed E-state index contributed by atoms with van der Waals surface area (Å²) in [6, 6.07) is 5.59. The van der Waals surface area contributed by atoms with E-state index in [0.29, 0.717) is 24.6 Å². The first kappa shape index (κ1) is 27.5. The fourth-order valence-electron chi connectivity index (χ4n) is 6.29. The molecule has 1 atom stereocenters. The highest BCUT2D eigenvalue weighted by molar-refractivity contribution is 6.06. The SMILES string of the molecule is CC1(NC(=O)OC(C)(C)C)CCC(N(CCC2CC2)c2cccc3c2CN(C2CCC(=O)NC2=O)C3=O)CC1. The highest BCUT2D eigenvalue weighted by atomic mass is 16.6. The molecule has 9 nitrogen and oxygen atoms in total. The third kappa shape index (κ3) is 6.23. The van der Waals surface area contributed by atoms with Gasteiger partial charge in [0.25, 0.3) is 5.91 Å². The van der Waals surface area contributed by atoms with Crippen molar-refractivity contribution in [3.05, 3.63) is 29.3 Å². The van der Waals surface area contributed by atoms with Crippen molar-refractivity contribution in [1.29, 1.82) is 0 Å². The normalized spacial score (nSPS) is 27.2. The largest absolute Gasteiger partial charge is 0.444 e. The minimum Gasteiger partial charge on any atom is -0.444 e. The Hall–Kier alpha value is -3.10. The number of hydrogen-bond donors (Lipinski definition) is 2. The smallest absolute Gasteiger partial charge is 0.408 e. The van der Waals surface area contributed by atoms with E-state index in [9.17, 15) is 19.2 Å². The van der Waals surface area contributed by atoms with E-state index in [-0.39, 0.29) is 35.8 Å². The van der Waals surface area contributed by atoms with Gasteiger partial charge in [0.2, 0.25) is 11.8 Å². The number of hydrogen-bond acceptors (Lipinski definition) is 6. The summed E-state index contributed by atoms with van der Waals surface area (Å²) in [4.78, 5) is 54.3. The first-order valence-corrected chi connectivity index (χ1v) is 14.5. The van der Waals surface area contributed by atoms with Gasteiger partial charge in [0.1, 0.15) is 11.6 Å². The molecule has 39 heavy (non-hydrogen) atoms. The van der Waals surface area contributed by atoms with Crippen LogP contribution in [0.5, 0.6) is 0 Å². The van der Waals surface area contributed by atoms with Crippen LogP contribution in [0.3, 0.4) is 0 Å². The van der Waals surface area contributed by atoms with E-state index in [0.717, 1.165) is 55.8 Å². The molecule has 212 valence electrons. The van der Waals surface area contributed by atoms with Crippen LogP contribution in [0, 0.1) is 5.92 Å². The van der Waals surface area contributed by atoms with Gasteiger partial charge >= 0.3 is 6.09 Å². The number of piperidine rings is 1. The predicted octanol–water partition coefficient (Wildman–Crippen LogP) is 4.28. The molecule has 2 heterocycles. The molecule has 9 heteroatoms. The standard InChI is InChI=1S/C30H42N4O5/c1-29(2,3)39-28(38)32-30(4)15-12-20(13-16-30)33(17-14-19-8-9-19)23-7-5-6-21-22(23)18-34(27(21)37)24-10-11-25(35)31-26(24)36/h5-7,19-20,24H,8-18H2,1-4H3,(H,32,38)(H,31,35,36). The van der Waals surface area contributed by atoms with Crippen molar-refractivity contribution in [2.75, 3.05) is 11.4 Å². The van der Waals surface area contributed by atoms with Gasteiger partial charge in [-0.3, -0.25) is 19.7 Å². The molecule has 4 amide bonds. The number of carbonyl (C=O) groups excluding carboxylic acids is 4. The molecule has 4 aliphatic rings. The second-order valence-electron chi connectivity index (χ2n) is 13.0. The summed E-state index contributed by atoms with van der Waals surface area (Å²) in [5, 5.41) is 5.51. The molecule has 2 aliphatic heterocycles. The molecular weight excluding hydrogens is 496 g/mol. The topological polar surface area (TPSA) is 108 Å². The van der Waals surface area contributed by atoms with Gasteiger partial charge in [0, 0.05) is 47.9 Å². The molecule has 0 spiro atoms. The third-order valence-electron chi connectivity index (χ3n) is 8.64. The van der Waals surface area contributed by atoms with Crippen LogP contribution < -0.4 is 15.5 Å². The molecule has 1 aromatic rings. The van der Waals surface area contributed by atoms with Crippen LogP contribution in [-0.4, -0.2) is 58.5 Å². The van der Waals surface area contributed by atoms with E-state index in [1.165, 1.54) is 12.8 Å². The lowest BCUT2D eigenvalue weighted by Gasteiger charge is -2.43. The Balaban J connectivity index is 1.33. The number of nitrogens with one attached hydrogen (secondary N) is 2. The van der Waals surface area contributed by atoms with E-state index < -0.39 is 11.6 Å². The number of nitrogens with zero attached hydrogens (tertiary/aromatic N) is 2. The van der Waals surface area contributed by atoms with Crippen LogP contribution >= 0.6 is 0 Å². The minimum absolute atomic E-state index is 0.138. The van der Waals surface area contributed by atoms with Crippen molar-refractivity contribution >= 4 is 29.5 Å². The number of fused-ring (bicyclic) bond motifs is 1. The summed E-state index contributed by atoms with van der Waals surface area (Å²) < 4.78 is 5.51. The van der Waals surface area contributed by atoms with Gasteiger partial charge in [-0.15, -0.1) is 0 Å². The first-order chi connectivity index (χ1) is 18.4. The van der Waals surface area contributed by atoms with E-state index in [2.05, 4.69) is 28.5 Å². The van der Waals surface area contributed by atoms with Crippen LogP contribution in [0.15, 0.2) is 18.2 Å². The molecular formula is C30H42N4O5. The summed E-state index contributed by atoms with van der Waals surface area (Å²) >= 11 is 0. The lowest BCUT2D eigenvalue weighted by atomic mass is 9.80. The fraction of sp³-hybridized carbons (Fsp3) is 0.667. The van der Waals surface area contributed by atoms with Crippen LogP contribution in [0.1, 0.15) is 101 Å². The molecule has 1 saturated heterocycles. The van der Waals surface area contributed by atoms with Crippen LogP contribution in [0.4, 0.5) is 10.5 Å². The predicted molar refractivity (Wildman–Crippen MR) is 147 cm³/mol. The monoisotopic (exact) mass is 538 g/mol. The van der Waals surface area contributed by atoms with E-state index >= 15 is 0 Å². The maximum atomic E-state index is 13.4. The molecule has 0 aromatic heterocycles. The molecule has 5 rings (SSSR count). The Bertz CT molecular complexity index is 1150. The zero-order chi connectivity index (χ0) is 27.9. The van der Waals surface area contributed by atoms with Gasteiger partial charge in [-0.2, -0.15) is 0 Å². The van der Waals surface area contributed by atoms with Crippen molar-refractivity contribution in [2.24, 2.45) is 5.92 Å². The summed E-state index contributed by atoms with van der Waals surface area (Å²) in [6.45, 7) is 9.00. The van der Waals surface area contributed by atoms with Crippen LogP contribution in [0.25, 0.3) is 0 Å². The van der Waals surface area contributed by atoms with Gasteiger partial charge in [-0.1, -0.05) is 18.9 Å². The summed E-state index contributed by atoms with van der Waals surface area (Å²) in [5.41, 5.74) is 1.84. The van der Waals surface area contributed by atoms with Gasteiger partial charge in [-0.05, 0) is 84.3 Å². The molecule has 2 N–H and O–H groups in total. The van der Waals surface area contributed by atoms with E-state index in [1.807, 2.05) is 32.9 Å². The highest BCUT2D eigenvalue weighted by Crippen LogP contribution is 2.40. The second kappa shape index (κ2) is 10.5. The number of ether oxygens (including phenoxy) is 1. The number of alkyl carbamates (subject to hydrolysis) is 1. The molecule has 3 fully saturated rings. The number of imide groups is 1. The molecule has 1 unspecified atom stereocenters. The van der Waals surface area contributed by atoms with E-state index in [4.69, 9.17) is 4.74 Å². The highest BCUT2D eigenvalue weighted by Gasteiger charge is 2.42. The van der Waals surface area contributed by atoms with Gasteiger partial charge in [-0.25, -0.2) is 4.79 Å². The fourth-order valence-corrected chi connectivity index (χ4v) is 6.29. The average Bonchev–Trinajstić information content (AvgIpc) is 3.61. The zero-order valence-corrected chi connectivity index (χ0v) is 23.7. The maximum Gasteiger partial charge on any atom is 0.408 e. The molecule has 1 aromatic carbocycles. The Kier molecular flexibility index (Phi) is 7.37. The first-order valence-electron chi connectivity index (χ1n) is 14.5. The molecule has 2 saturated carbocycles. The molecule has 2 aliphatic carbocycles. The Morgan fingerprint density at radius 3 is 2.49 bits per heavy atom. The number of amides is 4. The second-order valence-corrected chi connectivity index (χ2v) is 13.0. The van der Waals surface area contributed by atoms with Gasteiger partial charge in [0.15, 0.2) is 0 Å². The summed E-state index contributed by atoms with van der Waals surface area (Å²) in [5.74, 6) is -0.0313. The summed E-state index contributed by atoms with van der Waals surface area (Å²) in [7, 11) is 0. The quantitative estimate of drug-likeness (QED) is 0.502. The van der Waals surface area contributed by atoms with Crippen molar-refractivity contribution in [1.82, 2.24) is 15.5 Å². The average molecular weight is 539 g/mol. The molecule has 0 bridgehead atoms. The van der Waals surface area contributed by atoms with Crippen molar-refractivity contribution in [2.45, 2.75) is 115 Å². The Morgan fingerprint density at radius 1 is 1.13 bits per heavy atom. The van der Waals surface area contributed by atoms with Crippen LogP contribution in [-0.2, 0) is 20.9 Å². The lowest BCUT2D eigenvalue weighted by Crippen LogP contribution is -2.53. The number of carbonyl (C=O) groups is 4. The number of anilines is 1. The minimum atomic E-state index is -0.621. The molecule has 0 radical (unpaired) electrons. The maximum absolute atomic E-state index is 13.4.